The zero-order valence-electron chi connectivity index (χ0n) is 11.6. The van der Waals surface area contributed by atoms with Crippen molar-refractivity contribution in [1.82, 2.24) is 14.5 Å². The van der Waals surface area contributed by atoms with Gasteiger partial charge in [0, 0.05) is 19.5 Å². The molecule has 1 aromatic rings. The van der Waals surface area contributed by atoms with E-state index in [-0.39, 0.29) is 6.09 Å². The van der Waals surface area contributed by atoms with Crippen LogP contribution in [0.2, 0.25) is 0 Å². The van der Waals surface area contributed by atoms with Crippen LogP contribution >= 0.6 is 0 Å². The monoisotopic (exact) mass is 251 g/mol. The summed E-state index contributed by atoms with van der Waals surface area (Å²) in [6.07, 6.45) is 2.54. The molecule has 5 heteroatoms. The standard InChI is InChI=1S/C13H21N3O2/c1-5-11-14-8-10-9-15(6-7-16(10)11)12(17)18-13(2,3)4/h8H,5-7,9H2,1-4H3. The van der Waals surface area contributed by atoms with Crippen LogP contribution in [0.1, 0.15) is 39.2 Å². The fourth-order valence-corrected chi connectivity index (χ4v) is 2.11. The summed E-state index contributed by atoms with van der Waals surface area (Å²) in [5.74, 6) is 1.09. The number of aryl methyl sites for hydroxylation is 1. The fraction of sp³-hybridized carbons (Fsp3) is 0.692. The van der Waals surface area contributed by atoms with E-state index in [4.69, 9.17) is 4.74 Å². The number of hydrogen-bond acceptors (Lipinski definition) is 3. The summed E-state index contributed by atoms with van der Waals surface area (Å²) in [5, 5.41) is 0. The molecule has 1 aromatic heterocycles. The second-order valence-electron chi connectivity index (χ2n) is 5.57. The van der Waals surface area contributed by atoms with Gasteiger partial charge in [-0.1, -0.05) is 6.92 Å². The van der Waals surface area contributed by atoms with Gasteiger partial charge in [-0.25, -0.2) is 9.78 Å². The fourth-order valence-electron chi connectivity index (χ4n) is 2.11. The summed E-state index contributed by atoms with van der Waals surface area (Å²) in [7, 11) is 0. The number of rotatable bonds is 1. The zero-order valence-corrected chi connectivity index (χ0v) is 11.6. The SMILES string of the molecule is CCc1ncc2n1CCN(C(=O)OC(C)(C)C)C2. The van der Waals surface area contributed by atoms with Gasteiger partial charge in [-0.2, -0.15) is 0 Å². The predicted molar refractivity (Wildman–Crippen MR) is 68.2 cm³/mol. The maximum absolute atomic E-state index is 12.0. The first-order valence-electron chi connectivity index (χ1n) is 6.42. The molecule has 0 saturated carbocycles. The largest absolute Gasteiger partial charge is 0.444 e. The Morgan fingerprint density at radius 1 is 1.44 bits per heavy atom. The van der Waals surface area contributed by atoms with Crippen LogP contribution in [0, 0.1) is 0 Å². The van der Waals surface area contributed by atoms with Gasteiger partial charge >= 0.3 is 6.09 Å². The summed E-state index contributed by atoms with van der Waals surface area (Å²) in [6, 6.07) is 0. The average Bonchev–Trinajstić information content (AvgIpc) is 2.68. The van der Waals surface area contributed by atoms with Crippen molar-refractivity contribution in [1.29, 1.82) is 0 Å². The Morgan fingerprint density at radius 3 is 2.78 bits per heavy atom. The van der Waals surface area contributed by atoms with Crippen LogP contribution < -0.4 is 0 Å². The second kappa shape index (κ2) is 4.63. The smallest absolute Gasteiger partial charge is 0.410 e. The van der Waals surface area contributed by atoms with E-state index in [1.165, 1.54) is 0 Å². The lowest BCUT2D eigenvalue weighted by Crippen LogP contribution is -2.41. The minimum Gasteiger partial charge on any atom is -0.444 e. The molecule has 0 aliphatic carbocycles. The molecule has 100 valence electrons. The van der Waals surface area contributed by atoms with E-state index in [0.29, 0.717) is 13.1 Å². The van der Waals surface area contributed by atoms with E-state index in [0.717, 1.165) is 24.5 Å². The van der Waals surface area contributed by atoms with Crippen LogP contribution in [0.3, 0.4) is 0 Å². The van der Waals surface area contributed by atoms with Crippen LogP contribution in [0.4, 0.5) is 4.79 Å². The van der Waals surface area contributed by atoms with Gasteiger partial charge in [-0.15, -0.1) is 0 Å². The molecular formula is C13H21N3O2. The van der Waals surface area contributed by atoms with Crippen molar-refractivity contribution in [2.45, 2.75) is 52.8 Å². The Hall–Kier alpha value is -1.52. The molecule has 0 fully saturated rings. The molecule has 0 radical (unpaired) electrons. The summed E-state index contributed by atoms with van der Waals surface area (Å²) < 4.78 is 7.58. The number of amides is 1. The van der Waals surface area contributed by atoms with Gasteiger partial charge in [0.1, 0.15) is 11.4 Å². The van der Waals surface area contributed by atoms with E-state index in [1.807, 2.05) is 27.0 Å². The Morgan fingerprint density at radius 2 is 2.17 bits per heavy atom. The number of ether oxygens (including phenoxy) is 1. The van der Waals surface area contributed by atoms with Gasteiger partial charge < -0.3 is 14.2 Å². The Kier molecular flexibility index (Phi) is 3.32. The van der Waals surface area contributed by atoms with Crippen LogP contribution in [0.25, 0.3) is 0 Å². The predicted octanol–water partition coefficient (Wildman–Crippen LogP) is 2.20. The molecular weight excluding hydrogens is 230 g/mol. The normalized spacial score (nSPS) is 15.4. The van der Waals surface area contributed by atoms with Crippen LogP contribution in [0.15, 0.2) is 6.20 Å². The van der Waals surface area contributed by atoms with E-state index < -0.39 is 5.60 Å². The van der Waals surface area contributed by atoms with Crippen molar-refractivity contribution in [2.75, 3.05) is 6.54 Å². The average molecular weight is 251 g/mol. The quantitative estimate of drug-likeness (QED) is 0.768. The van der Waals surface area contributed by atoms with Gasteiger partial charge in [0.05, 0.1) is 18.4 Å². The summed E-state index contributed by atoms with van der Waals surface area (Å²) in [5.41, 5.74) is 0.646. The lowest BCUT2D eigenvalue weighted by molar-refractivity contribution is 0.0198. The second-order valence-corrected chi connectivity index (χ2v) is 5.57. The van der Waals surface area contributed by atoms with E-state index in [9.17, 15) is 4.79 Å². The number of aromatic nitrogens is 2. The molecule has 0 bridgehead atoms. The number of fused-ring (bicyclic) bond motifs is 1. The molecule has 0 spiro atoms. The van der Waals surface area contributed by atoms with Crippen LogP contribution in [0.5, 0.6) is 0 Å². The molecule has 0 saturated heterocycles. The highest BCUT2D eigenvalue weighted by atomic mass is 16.6. The molecule has 1 amide bonds. The molecule has 1 aliphatic rings. The summed E-state index contributed by atoms with van der Waals surface area (Å²) in [4.78, 5) is 18.1. The number of hydrogen-bond donors (Lipinski definition) is 0. The highest BCUT2D eigenvalue weighted by Crippen LogP contribution is 2.18. The molecule has 5 nitrogen and oxygen atoms in total. The molecule has 2 rings (SSSR count). The topological polar surface area (TPSA) is 47.4 Å². The van der Waals surface area contributed by atoms with Crippen molar-refractivity contribution >= 4 is 6.09 Å². The highest BCUT2D eigenvalue weighted by molar-refractivity contribution is 5.68. The number of nitrogens with zero attached hydrogens (tertiary/aromatic N) is 3. The molecule has 1 aliphatic heterocycles. The lowest BCUT2D eigenvalue weighted by Gasteiger charge is -2.31. The van der Waals surface area contributed by atoms with Crippen LogP contribution in [-0.2, 0) is 24.2 Å². The Bertz CT molecular complexity index is 446. The van der Waals surface area contributed by atoms with Crippen molar-refractivity contribution in [3.8, 4) is 0 Å². The first kappa shape index (κ1) is 12.9. The molecule has 0 aromatic carbocycles. The minimum atomic E-state index is -0.441. The molecule has 0 N–H and O–H groups in total. The third-order valence-electron chi connectivity index (χ3n) is 2.94. The van der Waals surface area contributed by atoms with Crippen molar-refractivity contribution in [3.05, 3.63) is 17.7 Å². The van der Waals surface area contributed by atoms with Crippen molar-refractivity contribution in [3.63, 3.8) is 0 Å². The van der Waals surface area contributed by atoms with E-state index in [2.05, 4.69) is 16.5 Å². The highest BCUT2D eigenvalue weighted by Gasteiger charge is 2.26. The minimum absolute atomic E-state index is 0.243. The lowest BCUT2D eigenvalue weighted by atomic mass is 10.2. The zero-order chi connectivity index (χ0) is 13.3. The molecule has 0 atom stereocenters. The van der Waals surface area contributed by atoms with Gasteiger partial charge in [-0.3, -0.25) is 0 Å². The maximum atomic E-state index is 12.0. The third-order valence-corrected chi connectivity index (χ3v) is 2.94. The number of carbonyl (C=O) groups excluding carboxylic acids is 1. The van der Waals surface area contributed by atoms with Crippen LogP contribution in [-0.4, -0.2) is 32.7 Å². The molecule has 0 unspecified atom stereocenters. The van der Waals surface area contributed by atoms with Crippen molar-refractivity contribution in [2.24, 2.45) is 0 Å². The Labute approximate surface area is 108 Å². The summed E-state index contributed by atoms with van der Waals surface area (Å²) >= 11 is 0. The maximum Gasteiger partial charge on any atom is 0.410 e. The first-order chi connectivity index (χ1) is 8.40. The number of imidazole rings is 1. The third kappa shape index (κ3) is 2.66. The van der Waals surface area contributed by atoms with E-state index >= 15 is 0 Å². The van der Waals surface area contributed by atoms with Gasteiger partial charge in [0.15, 0.2) is 0 Å². The van der Waals surface area contributed by atoms with Gasteiger partial charge in [0.2, 0.25) is 0 Å². The molecule has 18 heavy (non-hydrogen) atoms. The molecule has 2 heterocycles. The van der Waals surface area contributed by atoms with Gasteiger partial charge in [-0.05, 0) is 20.8 Å². The first-order valence-corrected chi connectivity index (χ1v) is 6.42. The summed E-state index contributed by atoms with van der Waals surface area (Å²) in [6.45, 7) is 9.82. The Balaban J connectivity index is 2.06. The number of carbonyl (C=O) groups is 1. The van der Waals surface area contributed by atoms with Gasteiger partial charge in [0.25, 0.3) is 0 Å². The van der Waals surface area contributed by atoms with E-state index in [1.54, 1.807) is 4.90 Å². The van der Waals surface area contributed by atoms with Crippen molar-refractivity contribution < 1.29 is 9.53 Å².